The highest BCUT2D eigenvalue weighted by atomic mass is 19.2. The molecule has 3 atom stereocenters. The minimum Gasteiger partial charge on any atom is -0.480 e. The first-order chi connectivity index (χ1) is 22.1. The summed E-state index contributed by atoms with van der Waals surface area (Å²) in [5, 5.41) is 23.7. The lowest BCUT2D eigenvalue weighted by atomic mass is 9.97. The third kappa shape index (κ3) is 6.68. The molecule has 1 aliphatic heterocycles. The first kappa shape index (κ1) is 32.5. The summed E-state index contributed by atoms with van der Waals surface area (Å²) in [5.74, 6) is -14.1. The lowest BCUT2D eigenvalue weighted by molar-refractivity contribution is -0.141. The van der Waals surface area contributed by atoms with Crippen molar-refractivity contribution in [3.63, 3.8) is 0 Å². The average molecular weight is 638 g/mol. The van der Waals surface area contributed by atoms with Gasteiger partial charge in [-0.2, -0.15) is 0 Å². The Morgan fingerprint density at radius 2 is 1.39 bits per heavy atom. The molecular formula is C34H28F5N3O4. The standard InChI is InChI=1S/C34H28F5N3O4/c35-25-24(26(36)28(38)29(39)27(25)37)32(43)31(34(45)46)41-30(20-12-5-2-6-13-20)21-14-7-8-15-22(21)40-33(44)23-16-9-17-42(23)18-19-10-3-1-4-11-19/h1-8,10-15,23,31-32,43H,9,16-18H2,(H,40,44)(H,45,46)/t23-,31-,32-/m0/s1. The Labute approximate surface area is 260 Å². The number of aliphatic imine (C=N–C) groups is 1. The van der Waals surface area contributed by atoms with E-state index >= 15 is 0 Å². The smallest absolute Gasteiger partial charge is 0.331 e. The zero-order valence-electron chi connectivity index (χ0n) is 24.1. The molecule has 7 nitrogen and oxygen atoms in total. The maximum atomic E-state index is 14.6. The summed E-state index contributed by atoms with van der Waals surface area (Å²) < 4.78 is 70.8. The number of halogens is 5. The molecule has 5 rings (SSSR count). The van der Waals surface area contributed by atoms with E-state index in [9.17, 15) is 41.8 Å². The lowest BCUT2D eigenvalue weighted by Gasteiger charge is -2.25. The zero-order valence-corrected chi connectivity index (χ0v) is 24.1. The number of aliphatic hydroxyl groups excluding tert-OH is 1. The number of amides is 1. The van der Waals surface area contributed by atoms with Gasteiger partial charge in [0.1, 0.15) is 6.10 Å². The monoisotopic (exact) mass is 637 g/mol. The summed E-state index contributed by atoms with van der Waals surface area (Å²) >= 11 is 0. The van der Waals surface area contributed by atoms with Gasteiger partial charge in [-0.05, 0) is 31.0 Å². The molecule has 1 amide bonds. The Hall–Kier alpha value is -4.94. The number of rotatable bonds is 10. The zero-order chi connectivity index (χ0) is 33.0. The number of para-hydroxylation sites is 1. The van der Waals surface area contributed by atoms with Gasteiger partial charge in [0.15, 0.2) is 29.3 Å². The van der Waals surface area contributed by atoms with Crippen molar-refractivity contribution in [1.29, 1.82) is 0 Å². The average Bonchev–Trinajstić information content (AvgIpc) is 3.53. The van der Waals surface area contributed by atoms with Gasteiger partial charge in [-0.1, -0.05) is 78.9 Å². The van der Waals surface area contributed by atoms with Crippen LogP contribution in [-0.4, -0.2) is 51.3 Å². The van der Waals surface area contributed by atoms with E-state index in [1.165, 1.54) is 6.07 Å². The van der Waals surface area contributed by atoms with Crippen molar-refractivity contribution in [3.8, 4) is 0 Å². The van der Waals surface area contributed by atoms with Gasteiger partial charge in [0.25, 0.3) is 0 Å². The van der Waals surface area contributed by atoms with E-state index in [0.717, 1.165) is 12.0 Å². The molecule has 0 aliphatic carbocycles. The SMILES string of the molecule is O=C(O)[C@@H](N=C(c1ccccc1)c1ccccc1NC(=O)[C@@H]1CCCN1Cc1ccccc1)[C@@H](O)c1c(F)c(F)c(F)c(F)c1F. The van der Waals surface area contributed by atoms with Crippen LogP contribution >= 0.6 is 0 Å². The fourth-order valence-electron chi connectivity index (χ4n) is 5.48. The van der Waals surface area contributed by atoms with Gasteiger partial charge in [-0.25, -0.2) is 26.7 Å². The van der Waals surface area contributed by atoms with Crippen LogP contribution in [0.25, 0.3) is 0 Å². The number of carbonyl (C=O) groups is 2. The molecule has 1 saturated heterocycles. The Kier molecular flexibility index (Phi) is 9.88. The Balaban J connectivity index is 1.54. The molecule has 46 heavy (non-hydrogen) atoms. The fraction of sp³-hybridized carbons (Fsp3) is 0.206. The van der Waals surface area contributed by atoms with Gasteiger partial charge in [0.05, 0.1) is 23.0 Å². The number of likely N-dealkylation sites (tertiary alicyclic amines) is 1. The van der Waals surface area contributed by atoms with E-state index < -0.39 is 58.8 Å². The summed E-state index contributed by atoms with van der Waals surface area (Å²) in [5.41, 5.74) is -0.137. The van der Waals surface area contributed by atoms with Crippen LogP contribution in [0.2, 0.25) is 0 Å². The number of aliphatic carboxylic acids is 1. The maximum Gasteiger partial charge on any atom is 0.331 e. The molecule has 0 aromatic heterocycles. The van der Waals surface area contributed by atoms with Crippen molar-refractivity contribution in [1.82, 2.24) is 4.90 Å². The van der Waals surface area contributed by atoms with Crippen LogP contribution in [0, 0.1) is 29.1 Å². The third-order valence-corrected chi connectivity index (χ3v) is 7.74. The highest BCUT2D eigenvalue weighted by molar-refractivity contribution is 6.17. The topological polar surface area (TPSA) is 102 Å². The van der Waals surface area contributed by atoms with Gasteiger partial charge < -0.3 is 15.5 Å². The van der Waals surface area contributed by atoms with Crippen LogP contribution in [0.3, 0.4) is 0 Å². The number of carboxylic acids is 1. The van der Waals surface area contributed by atoms with E-state index in [-0.39, 0.29) is 28.4 Å². The number of hydrogen-bond donors (Lipinski definition) is 3. The van der Waals surface area contributed by atoms with E-state index in [1.807, 2.05) is 35.2 Å². The molecule has 0 spiro atoms. The molecule has 1 heterocycles. The van der Waals surface area contributed by atoms with Crippen molar-refractivity contribution in [3.05, 3.63) is 136 Å². The molecule has 3 N–H and O–H groups in total. The van der Waals surface area contributed by atoms with Crippen LogP contribution in [0.1, 0.15) is 41.2 Å². The fourth-order valence-corrected chi connectivity index (χ4v) is 5.48. The molecular weight excluding hydrogens is 609 g/mol. The molecule has 0 unspecified atom stereocenters. The van der Waals surface area contributed by atoms with E-state index in [0.29, 0.717) is 19.5 Å². The number of benzene rings is 4. The van der Waals surface area contributed by atoms with Gasteiger partial charge in [0.2, 0.25) is 11.7 Å². The summed E-state index contributed by atoms with van der Waals surface area (Å²) in [6, 6.07) is 21.0. The largest absolute Gasteiger partial charge is 0.480 e. The number of aliphatic hydroxyl groups is 1. The number of nitrogens with zero attached hydrogens (tertiary/aromatic N) is 2. The summed E-state index contributed by atoms with van der Waals surface area (Å²) in [4.78, 5) is 32.1. The predicted octanol–water partition coefficient (Wildman–Crippen LogP) is 6.01. The Morgan fingerprint density at radius 3 is 2.02 bits per heavy atom. The highest BCUT2D eigenvalue weighted by Crippen LogP contribution is 2.32. The molecule has 1 fully saturated rings. The summed E-state index contributed by atoms with van der Waals surface area (Å²) in [7, 11) is 0. The van der Waals surface area contributed by atoms with E-state index in [4.69, 9.17) is 0 Å². The number of anilines is 1. The highest BCUT2D eigenvalue weighted by Gasteiger charge is 2.37. The van der Waals surface area contributed by atoms with Crippen molar-refractivity contribution in [2.24, 2.45) is 4.99 Å². The Morgan fingerprint density at radius 1 is 0.826 bits per heavy atom. The molecule has 0 radical (unpaired) electrons. The number of carbonyl (C=O) groups excluding carboxylic acids is 1. The Bertz CT molecular complexity index is 1740. The van der Waals surface area contributed by atoms with Crippen molar-refractivity contribution in [2.45, 2.75) is 37.6 Å². The number of carboxylic acid groups (broad SMARTS) is 1. The maximum absolute atomic E-state index is 14.6. The number of hydrogen-bond acceptors (Lipinski definition) is 5. The molecule has 12 heteroatoms. The quantitative estimate of drug-likeness (QED) is 0.0856. The normalized spacial score (nSPS) is 16.7. The summed E-state index contributed by atoms with van der Waals surface area (Å²) in [6.07, 6.45) is -1.40. The molecule has 0 saturated carbocycles. The second-order valence-electron chi connectivity index (χ2n) is 10.7. The molecule has 4 aromatic rings. The molecule has 238 valence electrons. The van der Waals surface area contributed by atoms with Gasteiger partial charge in [-0.3, -0.25) is 14.7 Å². The first-order valence-electron chi connectivity index (χ1n) is 14.3. The van der Waals surface area contributed by atoms with Crippen LogP contribution in [0.5, 0.6) is 0 Å². The summed E-state index contributed by atoms with van der Waals surface area (Å²) in [6.45, 7) is 1.24. The van der Waals surface area contributed by atoms with Crippen molar-refractivity contribution < 1.29 is 41.8 Å². The minimum atomic E-state index is -2.78. The lowest BCUT2D eigenvalue weighted by Crippen LogP contribution is -2.39. The predicted molar refractivity (Wildman–Crippen MR) is 160 cm³/mol. The van der Waals surface area contributed by atoms with Gasteiger partial charge >= 0.3 is 5.97 Å². The molecule has 4 aromatic carbocycles. The van der Waals surface area contributed by atoms with Gasteiger partial charge in [-0.15, -0.1) is 0 Å². The van der Waals surface area contributed by atoms with Crippen LogP contribution in [-0.2, 0) is 16.1 Å². The number of nitrogens with one attached hydrogen (secondary N) is 1. The minimum absolute atomic E-state index is 0.126. The van der Waals surface area contributed by atoms with Crippen molar-refractivity contribution >= 4 is 23.3 Å². The van der Waals surface area contributed by atoms with Crippen LogP contribution in [0.4, 0.5) is 27.6 Å². The molecule has 1 aliphatic rings. The second-order valence-corrected chi connectivity index (χ2v) is 10.7. The first-order valence-corrected chi connectivity index (χ1v) is 14.3. The third-order valence-electron chi connectivity index (χ3n) is 7.74. The van der Waals surface area contributed by atoms with Crippen LogP contribution < -0.4 is 5.32 Å². The van der Waals surface area contributed by atoms with E-state index in [1.54, 1.807) is 48.5 Å². The van der Waals surface area contributed by atoms with E-state index in [2.05, 4.69) is 10.3 Å². The van der Waals surface area contributed by atoms with Crippen molar-refractivity contribution in [2.75, 3.05) is 11.9 Å². The molecule has 0 bridgehead atoms. The van der Waals surface area contributed by atoms with Gasteiger partial charge in [0, 0.05) is 17.7 Å². The second kappa shape index (κ2) is 14.0. The van der Waals surface area contributed by atoms with Crippen LogP contribution in [0.15, 0.2) is 89.9 Å².